The van der Waals surface area contributed by atoms with E-state index in [9.17, 15) is 0 Å². The molecule has 1 aromatic heterocycles. The highest BCUT2D eigenvalue weighted by Gasteiger charge is 1.89. The van der Waals surface area contributed by atoms with Crippen LogP contribution in [0.5, 0.6) is 0 Å². The quantitative estimate of drug-likeness (QED) is 0.550. The smallest absolute Gasteiger partial charge is 0.0627 e. The first-order valence-corrected chi connectivity index (χ1v) is 2.80. The Morgan fingerprint density at radius 1 is 1.56 bits per heavy atom. The summed E-state index contributed by atoms with van der Waals surface area (Å²) >= 11 is 0. The van der Waals surface area contributed by atoms with Crippen molar-refractivity contribution in [1.82, 2.24) is 4.98 Å². The van der Waals surface area contributed by atoms with Gasteiger partial charge < -0.3 is 4.90 Å². The van der Waals surface area contributed by atoms with E-state index < -0.39 is 0 Å². The summed E-state index contributed by atoms with van der Waals surface area (Å²) in [5.41, 5.74) is 1.01. The molecule has 47 valence electrons. The van der Waals surface area contributed by atoms with Gasteiger partial charge in [-0.15, -0.1) is 0 Å². The summed E-state index contributed by atoms with van der Waals surface area (Å²) in [5, 5.41) is 0. The van der Waals surface area contributed by atoms with E-state index in [2.05, 4.69) is 11.1 Å². The van der Waals surface area contributed by atoms with Gasteiger partial charge in [0, 0.05) is 26.4 Å². The molecule has 0 aliphatic carbocycles. The Balaban J connectivity index is 2.85. The molecule has 2 nitrogen and oxygen atoms in total. The van der Waals surface area contributed by atoms with Crippen LogP contribution in [0.25, 0.3) is 0 Å². The molecule has 0 fully saturated rings. The largest absolute Gasteiger partial charge is 0.376 e. The zero-order valence-corrected chi connectivity index (χ0v) is 5.63. The van der Waals surface area contributed by atoms with Crippen molar-refractivity contribution >= 4 is 5.69 Å². The minimum atomic E-state index is 1.01. The number of rotatable bonds is 1. The first-order valence-electron chi connectivity index (χ1n) is 2.80. The van der Waals surface area contributed by atoms with Crippen molar-refractivity contribution in [2.45, 2.75) is 0 Å². The second-order valence-electron chi connectivity index (χ2n) is 2.02. The van der Waals surface area contributed by atoms with Gasteiger partial charge >= 0.3 is 0 Å². The molecule has 2 heteroatoms. The maximum Gasteiger partial charge on any atom is 0.0627 e. The predicted octanol–water partition coefficient (Wildman–Crippen LogP) is 0.948. The number of hydrogen-bond donors (Lipinski definition) is 0. The van der Waals surface area contributed by atoms with Gasteiger partial charge in [-0.25, -0.2) is 0 Å². The van der Waals surface area contributed by atoms with E-state index in [0.29, 0.717) is 0 Å². The summed E-state index contributed by atoms with van der Waals surface area (Å²) in [5.74, 6) is 0. The summed E-state index contributed by atoms with van der Waals surface area (Å²) in [6.07, 6.45) is 3.49. The fourth-order valence-electron chi connectivity index (χ4n) is 0.561. The van der Waals surface area contributed by atoms with E-state index in [-0.39, 0.29) is 0 Å². The molecule has 1 heterocycles. The third-order valence-corrected chi connectivity index (χ3v) is 1.07. The van der Waals surface area contributed by atoms with Crippen molar-refractivity contribution in [3.05, 3.63) is 24.5 Å². The lowest BCUT2D eigenvalue weighted by Gasteiger charge is -2.09. The van der Waals surface area contributed by atoms with E-state index in [1.807, 2.05) is 19.0 Å². The van der Waals surface area contributed by atoms with Crippen LogP contribution in [0, 0.1) is 6.07 Å². The van der Waals surface area contributed by atoms with Crippen LogP contribution < -0.4 is 4.90 Å². The summed E-state index contributed by atoms with van der Waals surface area (Å²) in [7, 11) is 3.93. The molecule has 1 radical (unpaired) electrons. The molecule has 0 bridgehead atoms. The summed E-state index contributed by atoms with van der Waals surface area (Å²) in [6, 6.07) is 4.83. The van der Waals surface area contributed by atoms with Gasteiger partial charge in [0.25, 0.3) is 0 Å². The van der Waals surface area contributed by atoms with Gasteiger partial charge in [0.05, 0.1) is 11.9 Å². The molecule has 1 rings (SSSR count). The van der Waals surface area contributed by atoms with Crippen molar-refractivity contribution in [2.75, 3.05) is 19.0 Å². The zero-order valence-electron chi connectivity index (χ0n) is 5.63. The van der Waals surface area contributed by atoms with Gasteiger partial charge in [0.15, 0.2) is 0 Å². The Morgan fingerprint density at radius 2 is 2.33 bits per heavy atom. The fraction of sp³-hybridized carbons (Fsp3) is 0.286. The predicted molar refractivity (Wildman–Crippen MR) is 37.4 cm³/mol. The first-order chi connectivity index (χ1) is 4.30. The summed E-state index contributed by atoms with van der Waals surface area (Å²) in [4.78, 5) is 5.90. The Kier molecular flexibility index (Phi) is 1.68. The number of aromatic nitrogens is 1. The van der Waals surface area contributed by atoms with E-state index in [4.69, 9.17) is 0 Å². The first kappa shape index (κ1) is 6.08. The highest BCUT2D eigenvalue weighted by Crippen LogP contribution is 2.03. The topological polar surface area (TPSA) is 16.1 Å². The lowest BCUT2D eigenvalue weighted by molar-refractivity contribution is 1.11. The number of nitrogens with zero attached hydrogens (tertiary/aromatic N) is 2. The number of hydrogen-bond acceptors (Lipinski definition) is 2. The van der Waals surface area contributed by atoms with Crippen LogP contribution in [0.3, 0.4) is 0 Å². The molecular formula is C7H9N2. The molecule has 0 aliphatic rings. The number of pyridine rings is 1. The van der Waals surface area contributed by atoms with Gasteiger partial charge in [-0.3, -0.25) is 4.98 Å². The molecule has 0 unspecified atom stereocenters. The van der Waals surface area contributed by atoms with E-state index in [1.54, 1.807) is 18.5 Å². The molecule has 0 aromatic carbocycles. The van der Waals surface area contributed by atoms with Crippen molar-refractivity contribution < 1.29 is 0 Å². The van der Waals surface area contributed by atoms with Gasteiger partial charge in [-0.05, 0) is 6.07 Å². The minimum Gasteiger partial charge on any atom is -0.376 e. The molecule has 1 aromatic rings. The highest BCUT2D eigenvalue weighted by molar-refractivity contribution is 5.39. The van der Waals surface area contributed by atoms with Crippen molar-refractivity contribution in [3.8, 4) is 0 Å². The lowest BCUT2D eigenvalue weighted by Crippen LogP contribution is -2.08. The molecular weight excluding hydrogens is 112 g/mol. The normalized spacial score (nSPS) is 9.11. The van der Waals surface area contributed by atoms with Gasteiger partial charge in [0.1, 0.15) is 0 Å². The number of anilines is 1. The van der Waals surface area contributed by atoms with Crippen molar-refractivity contribution in [3.63, 3.8) is 0 Å². The standard InChI is InChI=1S/C7H9N2/c1-9(2)7-4-3-5-8-6-7/h3,5-6H,1-2H3. The summed E-state index contributed by atoms with van der Waals surface area (Å²) < 4.78 is 0. The van der Waals surface area contributed by atoms with Crippen LogP contribution in [-0.4, -0.2) is 19.1 Å². The molecule has 0 aliphatic heterocycles. The molecule has 0 N–H and O–H groups in total. The molecule has 0 amide bonds. The molecule has 0 saturated heterocycles. The van der Waals surface area contributed by atoms with Crippen molar-refractivity contribution in [1.29, 1.82) is 0 Å². The minimum absolute atomic E-state index is 1.01. The average Bonchev–Trinajstić information content (AvgIpc) is 1.90. The Bertz CT molecular complexity index is 170. The van der Waals surface area contributed by atoms with Crippen LogP contribution in [0.1, 0.15) is 0 Å². The van der Waals surface area contributed by atoms with Crippen LogP contribution in [0.15, 0.2) is 18.5 Å². The average molecular weight is 121 g/mol. The van der Waals surface area contributed by atoms with Crippen LogP contribution >= 0.6 is 0 Å². The monoisotopic (exact) mass is 121 g/mol. The van der Waals surface area contributed by atoms with Crippen molar-refractivity contribution in [2.24, 2.45) is 0 Å². The Labute approximate surface area is 55.1 Å². The zero-order chi connectivity index (χ0) is 6.69. The Hall–Kier alpha value is -1.05. The van der Waals surface area contributed by atoms with Gasteiger partial charge in [-0.1, -0.05) is 0 Å². The van der Waals surface area contributed by atoms with E-state index in [0.717, 1.165) is 5.69 Å². The molecule has 0 spiro atoms. The molecule has 0 atom stereocenters. The van der Waals surface area contributed by atoms with Crippen LogP contribution in [0.4, 0.5) is 5.69 Å². The SMILES string of the molecule is CN(C)c1[c]ccnc1. The van der Waals surface area contributed by atoms with Crippen LogP contribution in [-0.2, 0) is 0 Å². The Morgan fingerprint density at radius 3 is 2.67 bits per heavy atom. The van der Waals surface area contributed by atoms with Gasteiger partial charge in [-0.2, -0.15) is 0 Å². The molecule has 0 saturated carbocycles. The second kappa shape index (κ2) is 2.49. The van der Waals surface area contributed by atoms with E-state index >= 15 is 0 Å². The third kappa shape index (κ3) is 1.42. The third-order valence-electron chi connectivity index (χ3n) is 1.07. The van der Waals surface area contributed by atoms with Gasteiger partial charge in [0.2, 0.25) is 0 Å². The maximum atomic E-state index is 3.93. The fourth-order valence-corrected chi connectivity index (χ4v) is 0.561. The second-order valence-corrected chi connectivity index (χ2v) is 2.02. The van der Waals surface area contributed by atoms with E-state index in [1.165, 1.54) is 0 Å². The maximum absolute atomic E-state index is 3.93. The summed E-state index contributed by atoms with van der Waals surface area (Å²) in [6.45, 7) is 0. The lowest BCUT2D eigenvalue weighted by atomic mass is 10.4. The molecule has 9 heavy (non-hydrogen) atoms. The van der Waals surface area contributed by atoms with Crippen LogP contribution in [0.2, 0.25) is 0 Å². The highest BCUT2D eigenvalue weighted by atomic mass is 15.1.